The summed E-state index contributed by atoms with van der Waals surface area (Å²) in [5.41, 5.74) is 24.1. The number of nitrogens with one attached hydrogen (secondary N) is 2. The molecule has 7 heteroatoms. The van der Waals surface area contributed by atoms with Crippen LogP contribution in [0.1, 0.15) is 137 Å². The third-order valence-corrected chi connectivity index (χ3v) is 11.7. The Morgan fingerprint density at radius 3 is 1.21 bits per heavy atom. The van der Waals surface area contributed by atoms with E-state index < -0.39 is 0 Å². The van der Waals surface area contributed by atoms with Crippen LogP contribution in [-0.2, 0) is 12.8 Å². The van der Waals surface area contributed by atoms with Gasteiger partial charge in [0.25, 0.3) is 0 Å². The van der Waals surface area contributed by atoms with E-state index in [4.69, 9.17) is 9.97 Å². The monoisotopic (exact) mass is 866 g/mol. The normalized spacial score (nSPS) is 12.9. The molecule has 5 aromatic rings. The van der Waals surface area contributed by atoms with Crippen molar-refractivity contribution in [2.45, 2.75) is 108 Å². The average molecular weight is 866 g/mol. The Bertz CT molecular complexity index is 2470. The fourth-order valence-electron chi connectivity index (χ4n) is 8.53. The molecule has 6 nitrogen and oxygen atoms in total. The van der Waals surface area contributed by atoms with Gasteiger partial charge in [-0.1, -0.05) is 65.8 Å². The van der Waals surface area contributed by atoms with E-state index in [9.17, 15) is 10.2 Å². The number of aromatic amines is 2. The molecule has 5 heterocycles. The van der Waals surface area contributed by atoms with Crippen LogP contribution < -0.4 is 0 Å². The number of phenolic OH excluding ortho intramolecular Hbond substituents is 2. The molecular formula is C50H58N4O2Sn. The van der Waals surface area contributed by atoms with Crippen molar-refractivity contribution in [3.8, 4) is 11.5 Å². The smallest absolute Gasteiger partial charge is 0.115 e. The van der Waals surface area contributed by atoms with Crippen LogP contribution >= 0.6 is 0 Å². The van der Waals surface area contributed by atoms with Gasteiger partial charge in [0, 0.05) is 46.0 Å². The summed E-state index contributed by atoms with van der Waals surface area (Å²) in [5.74, 6) is 0.568. The molecule has 8 bridgehead atoms. The van der Waals surface area contributed by atoms with Crippen LogP contribution in [-0.4, -0.2) is 54.1 Å². The summed E-state index contributed by atoms with van der Waals surface area (Å²) in [6.45, 7) is 22.0. The molecule has 0 spiro atoms. The molecule has 4 radical (unpaired) electrons. The fourth-order valence-corrected chi connectivity index (χ4v) is 8.53. The number of allylic oxidation sites excluding steroid dienone is 6. The molecule has 0 amide bonds. The number of aromatic hydroxyl groups is 2. The van der Waals surface area contributed by atoms with Crippen LogP contribution in [0.2, 0.25) is 0 Å². The summed E-state index contributed by atoms with van der Waals surface area (Å²) in [6, 6.07) is 23.6. The van der Waals surface area contributed by atoms with Crippen molar-refractivity contribution >= 4 is 79.4 Å². The number of benzene rings is 2. The maximum absolute atomic E-state index is 9.41. The number of hydrogen-bond acceptors (Lipinski definition) is 4. The van der Waals surface area contributed by atoms with Gasteiger partial charge in [0.2, 0.25) is 0 Å². The first-order valence-electron chi connectivity index (χ1n) is 20.4. The summed E-state index contributed by atoms with van der Waals surface area (Å²) in [6.07, 6.45) is 5.71. The SMILES string of the molecule is CC/C(=C(/CC)c1ccc(O)cc1)c1ccc(O)cc1.CCC1=C(C)c2cc3[nH]c(cc4[nH]c(cc5nc(cc1n2)C(C)=C5CC)c(C)c4CC)c(CC)c3C.[Sn]. The van der Waals surface area contributed by atoms with Crippen molar-refractivity contribution in [3.05, 3.63) is 129 Å². The van der Waals surface area contributed by atoms with E-state index in [-0.39, 0.29) is 35.4 Å². The van der Waals surface area contributed by atoms with Crippen molar-refractivity contribution in [3.63, 3.8) is 0 Å². The van der Waals surface area contributed by atoms with Crippen LogP contribution in [0.15, 0.2) is 72.8 Å². The molecule has 0 saturated heterocycles. The van der Waals surface area contributed by atoms with Gasteiger partial charge in [-0.15, -0.1) is 0 Å². The fraction of sp³-hybridized carbons (Fsp3) is 0.320. The maximum Gasteiger partial charge on any atom is 0.115 e. The number of nitrogens with zero attached hydrogens (tertiary/aromatic N) is 2. The van der Waals surface area contributed by atoms with E-state index in [2.05, 4.69) is 103 Å². The third-order valence-electron chi connectivity index (χ3n) is 11.7. The topological polar surface area (TPSA) is 97.8 Å². The standard InChI is InChI=1S/C32H38N4.C18H20O2.Sn/c1-9-21-17(5)25-13-26-18(6)23(11-3)31(34-26)16-32-24(12-4)20(8)28(36-32)15-30-22(10-2)19(7)27(35-30)14-29(21)33-25;1-3-17(13-5-9-15(19)10-6-13)18(4-2)14-7-11-16(20)12-8-14;/h13-16,34,36H,9-12H2,1-8H3;5-12,19-20H,3-4H2,1-2H3;/b;18-17+;. The van der Waals surface area contributed by atoms with Crippen molar-refractivity contribution in [1.29, 1.82) is 0 Å². The van der Waals surface area contributed by atoms with Crippen LogP contribution in [0.4, 0.5) is 0 Å². The van der Waals surface area contributed by atoms with Gasteiger partial charge in [0.05, 0.1) is 22.8 Å². The van der Waals surface area contributed by atoms with Crippen molar-refractivity contribution < 1.29 is 10.2 Å². The minimum atomic E-state index is 0. The molecule has 0 fully saturated rings. The molecule has 0 unspecified atom stereocenters. The summed E-state index contributed by atoms with van der Waals surface area (Å²) >= 11 is 0. The first-order valence-corrected chi connectivity index (χ1v) is 20.4. The number of aromatic nitrogens is 4. The predicted octanol–water partition coefficient (Wildman–Crippen LogP) is 13.2. The quantitative estimate of drug-likeness (QED) is 0.0922. The van der Waals surface area contributed by atoms with E-state index >= 15 is 0 Å². The number of aryl methyl sites for hydroxylation is 4. The maximum atomic E-state index is 9.41. The summed E-state index contributed by atoms with van der Waals surface area (Å²) in [5, 5.41) is 18.8. The van der Waals surface area contributed by atoms with Crippen molar-refractivity contribution in [1.82, 2.24) is 19.9 Å². The van der Waals surface area contributed by atoms with Crippen LogP contribution in [0, 0.1) is 13.8 Å². The molecule has 4 N–H and O–H groups in total. The van der Waals surface area contributed by atoms with E-state index in [0.717, 1.165) is 83.5 Å². The Morgan fingerprint density at radius 1 is 0.474 bits per heavy atom. The number of rotatable bonds is 8. The van der Waals surface area contributed by atoms with Gasteiger partial charge in [-0.3, -0.25) is 0 Å². The summed E-state index contributed by atoms with van der Waals surface area (Å²) < 4.78 is 0. The third kappa shape index (κ3) is 8.71. The number of hydrogen-bond donors (Lipinski definition) is 4. The van der Waals surface area contributed by atoms with Crippen molar-refractivity contribution in [2.24, 2.45) is 0 Å². The second-order valence-electron chi connectivity index (χ2n) is 14.8. The van der Waals surface area contributed by atoms with E-state index in [0.29, 0.717) is 0 Å². The molecule has 7 rings (SSSR count). The van der Waals surface area contributed by atoms with Gasteiger partial charge in [0.15, 0.2) is 0 Å². The first-order chi connectivity index (χ1) is 27.0. The largest absolute Gasteiger partial charge is 0.508 e. The Morgan fingerprint density at radius 2 is 0.842 bits per heavy atom. The second kappa shape index (κ2) is 18.6. The minimum absolute atomic E-state index is 0. The number of phenols is 2. The Hall–Kier alpha value is -4.82. The van der Waals surface area contributed by atoms with Crippen LogP contribution in [0.5, 0.6) is 11.5 Å². The van der Waals surface area contributed by atoms with E-state index in [1.54, 1.807) is 24.3 Å². The molecule has 2 aromatic carbocycles. The van der Waals surface area contributed by atoms with Gasteiger partial charge in [0.1, 0.15) is 11.5 Å². The molecule has 3 aromatic heterocycles. The second-order valence-corrected chi connectivity index (χ2v) is 14.8. The Labute approximate surface area is 355 Å². The molecule has 0 aliphatic carbocycles. The average Bonchev–Trinajstić information content (AvgIpc) is 3.86. The molecule has 57 heavy (non-hydrogen) atoms. The van der Waals surface area contributed by atoms with Gasteiger partial charge in [-0.25, -0.2) is 9.97 Å². The molecule has 2 aliphatic heterocycles. The zero-order chi connectivity index (χ0) is 40.3. The molecule has 2 aliphatic rings. The molecular weight excluding hydrogens is 807 g/mol. The Balaban J connectivity index is 0.000000251. The van der Waals surface area contributed by atoms with Crippen LogP contribution in [0.25, 0.3) is 55.5 Å². The summed E-state index contributed by atoms with van der Waals surface area (Å²) in [7, 11) is 0. The predicted molar refractivity (Wildman–Crippen MR) is 244 cm³/mol. The number of H-pyrrole nitrogens is 2. The van der Waals surface area contributed by atoms with Gasteiger partial charge in [-0.05, 0) is 182 Å². The van der Waals surface area contributed by atoms with E-state index in [1.165, 1.54) is 66.7 Å². The number of fused-ring (bicyclic) bond motifs is 8. The van der Waals surface area contributed by atoms with Gasteiger partial charge < -0.3 is 20.2 Å². The van der Waals surface area contributed by atoms with Crippen molar-refractivity contribution in [2.75, 3.05) is 0 Å². The minimum Gasteiger partial charge on any atom is -0.508 e. The molecule has 294 valence electrons. The first kappa shape index (κ1) is 43.3. The summed E-state index contributed by atoms with van der Waals surface area (Å²) in [4.78, 5) is 17.7. The molecule has 0 atom stereocenters. The van der Waals surface area contributed by atoms with E-state index in [1.807, 2.05) is 24.3 Å². The zero-order valence-electron chi connectivity index (χ0n) is 35.5. The zero-order valence-corrected chi connectivity index (χ0v) is 38.3. The van der Waals surface area contributed by atoms with Crippen LogP contribution in [0.3, 0.4) is 0 Å². The van der Waals surface area contributed by atoms with Gasteiger partial charge in [-0.2, -0.15) is 0 Å². The molecule has 0 saturated carbocycles. The van der Waals surface area contributed by atoms with Gasteiger partial charge >= 0.3 is 0 Å². The Kier molecular flexibility index (Phi) is 14.2.